The number of hydrogen-bond donors (Lipinski definition) is 7. The molecule has 25 heteroatoms. The van der Waals surface area contributed by atoms with Crippen molar-refractivity contribution in [3.05, 3.63) is 29.3 Å². The van der Waals surface area contributed by atoms with E-state index in [2.05, 4.69) is 34.4 Å². The van der Waals surface area contributed by atoms with Crippen LogP contribution in [0, 0.1) is 5.92 Å². The van der Waals surface area contributed by atoms with Gasteiger partial charge in [-0.1, -0.05) is 6.92 Å². The number of rotatable bonds is 10. The lowest BCUT2D eigenvalue weighted by molar-refractivity contribution is -0.0555. The van der Waals surface area contributed by atoms with E-state index in [1.165, 1.54) is 10.9 Å². The number of halogens is 1. The molecule has 2 fully saturated rings. The van der Waals surface area contributed by atoms with Gasteiger partial charge in [0, 0.05) is 5.92 Å². The fourth-order valence-corrected chi connectivity index (χ4v) is 6.53. The van der Waals surface area contributed by atoms with Crippen LogP contribution in [0.5, 0.6) is 0 Å². The molecule has 0 spiro atoms. The van der Waals surface area contributed by atoms with Gasteiger partial charge in [0.15, 0.2) is 35.0 Å². The Bertz CT molecular complexity index is 1920. The molecule has 2 aliphatic heterocycles. The van der Waals surface area contributed by atoms with Crippen molar-refractivity contribution >= 4 is 49.7 Å². The Balaban J connectivity index is 1.18. The number of aromatic amines is 1. The largest absolute Gasteiger partial charge is 0.472 e. The standard InChI is InChI=1S/C21H27FN10O12P2/c1-7-13(33)8(42-19(7)32-6-28-12-17(32)29-21(24)30-18(12)34)2-41-46(38,39)44-14-9(3-40-45(35,36)37)43-20(10(14)22)31-5-27-11-15(23)25-4-26-16(11)31/h4-10,13-14,19-20,33H,2-3H2,1H3,(H,38,39)(H2,23,25,26)(H2,35,36,37)(H3,24,29,30,34)/t7-,8-,9-,10-,13+,14-,19-,20-/m1/s1. The quantitative estimate of drug-likeness (QED) is 0.0966. The molecule has 46 heavy (non-hydrogen) atoms. The molecule has 2 saturated heterocycles. The van der Waals surface area contributed by atoms with Crippen LogP contribution in [0.3, 0.4) is 0 Å². The van der Waals surface area contributed by atoms with E-state index in [1.54, 1.807) is 6.92 Å². The predicted octanol–water partition coefficient (Wildman–Crippen LogP) is -1.13. The van der Waals surface area contributed by atoms with Gasteiger partial charge in [-0.3, -0.25) is 32.5 Å². The summed E-state index contributed by atoms with van der Waals surface area (Å²) >= 11 is 0. The maximum absolute atomic E-state index is 15.9. The third-order valence-electron chi connectivity index (χ3n) is 7.40. The van der Waals surface area contributed by atoms with Crippen LogP contribution >= 0.6 is 15.6 Å². The molecule has 0 aliphatic carbocycles. The van der Waals surface area contributed by atoms with Crippen LogP contribution in [-0.2, 0) is 32.2 Å². The maximum Gasteiger partial charge on any atom is 0.472 e. The average Bonchev–Trinajstić information content (AvgIpc) is 3.73. The highest BCUT2D eigenvalue weighted by molar-refractivity contribution is 7.47. The van der Waals surface area contributed by atoms with Gasteiger partial charge in [0.2, 0.25) is 5.95 Å². The van der Waals surface area contributed by atoms with Gasteiger partial charge in [0.05, 0.1) is 32.0 Å². The summed E-state index contributed by atoms with van der Waals surface area (Å²) in [5.74, 6) is -0.887. The number of nitrogens with two attached hydrogens (primary N) is 2. The summed E-state index contributed by atoms with van der Waals surface area (Å²) in [5.41, 5.74) is 11.0. The molecule has 250 valence electrons. The first-order valence-electron chi connectivity index (χ1n) is 13.3. The number of phosphoric ester groups is 2. The van der Waals surface area contributed by atoms with Crippen LogP contribution < -0.4 is 17.0 Å². The lowest BCUT2D eigenvalue weighted by Crippen LogP contribution is -2.34. The van der Waals surface area contributed by atoms with Crippen molar-refractivity contribution in [3.63, 3.8) is 0 Å². The Morgan fingerprint density at radius 3 is 2.35 bits per heavy atom. The van der Waals surface area contributed by atoms with Gasteiger partial charge in [-0.25, -0.2) is 33.5 Å². The number of aromatic nitrogens is 8. The van der Waals surface area contributed by atoms with Crippen molar-refractivity contribution in [2.45, 2.75) is 50.0 Å². The van der Waals surface area contributed by atoms with E-state index < -0.39 is 83.4 Å². The zero-order chi connectivity index (χ0) is 33.1. The number of hydrogen-bond acceptors (Lipinski definition) is 16. The summed E-state index contributed by atoms with van der Waals surface area (Å²) < 4.78 is 68.8. The molecule has 1 unspecified atom stereocenters. The van der Waals surface area contributed by atoms with E-state index in [0.29, 0.717) is 0 Å². The zero-order valence-corrected chi connectivity index (χ0v) is 25.2. The number of nitrogens with zero attached hydrogens (tertiary/aromatic N) is 7. The van der Waals surface area contributed by atoms with Gasteiger partial charge in [-0.15, -0.1) is 0 Å². The topological polar surface area (TPSA) is 320 Å². The monoisotopic (exact) mass is 692 g/mol. The smallest absolute Gasteiger partial charge is 0.390 e. The van der Waals surface area contributed by atoms with Crippen molar-refractivity contribution < 1.29 is 56.4 Å². The van der Waals surface area contributed by atoms with E-state index in [-0.39, 0.29) is 34.1 Å². The highest BCUT2D eigenvalue weighted by atomic mass is 31.2. The van der Waals surface area contributed by atoms with Gasteiger partial charge in [0.1, 0.15) is 36.4 Å². The molecule has 6 heterocycles. The average molecular weight is 692 g/mol. The summed E-state index contributed by atoms with van der Waals surface area (Å²) in [6.45, 7) is -0.0988. The summed E-state index contributed by atoms with van der Waals surface area (Å²) in [6.07, 6.45) is -7.53. The van der Waals surface area contributed by atoms with Gasteiger partial charge in [0.25, 0.3) is 5.56 Å². The van der Waals surface area contributed by atoms with Crippen molar-refractivity contribution in [2.24, 2.45) is 5.92 Å². The molecule has 4 aromatic heterocycles. The molecule has 0 saturated carbocycles. The first-order chi connectivity index (χ1) is 21.6. The third-order valence-corrected chi connectivity index (χ3v) is 8.87. The van der Waals surface area contributed by atoms with Crippen LogP contribution in [0.4, 0.5) is 16.2 Å². The Kier molecular flexibility index (Phi) is 8.44. The first kappa shape index (κ1) is 32.5. The number of ether oxygens (including phenoxy) is 2. The number of aliphatic hydroxyl groups excluding tert-OH is 1. The number of phosphoric acid groups is 2. The van der Waals surface area contributed by atoms with Gasteiger partial charge in [-0.2, -0.15) is 4.98 Å². The second-order valence-electron chi connectivity index (χ2n) is 10.4. The first-order valence-corrected chi connectivity index (χ1v) is 16.3. The minimum absolute atomic E-state index is 0.0252. The number of imidazole rings is 2. The highest BCUT2D eigenvalue weighted by Gasteiger charge is 2.52. The number of fused-ring (bicyclic) bond motifs is 2. The minimum atomic E-state index is -5.20. The van der Waals surface area contributed by atoms with Crippen LogP contribution in [0.2, 0.25) is 0 Å². The molecule has 0 radical (unpaired) electrons. The lowest BCUT2D eigenvalue weighted by atomic mass is 10.0. The Morgan fingerprint density at radius 2 is 1.63 bits per heavy atom. The number of anilines is 2. The Hall–Kier alpha value is -3.47. The number of H-pyrrole nitrogens is 1. The Morgan fingerprint density at radius 1 is 0.978 bits per heavy atom. The molecule has 4 aromatic rings. The number of nitrogens with one attached hydrogen (secondary N) is 1. The fourth-order valence-electron chi connectivity index (χ4n) is 5.23. The molecule has 6 rings (SSSR count). The SMILES string of the molecule is C[C@@H]1[C@H](O)[C@@H](COP(=O)(O)O[C@H]2[C@@H](F)[C@H](n3cnc4c(N)ncnc43)O[C@@H]2COP(=O)(O)O)O[C@H]1n1cnc2c(=O)[nH]c(N)nc21. The second-order valence-corrected chi connectivity index (χ2v) is 13.0. The van der Waals surface area contributed by atoms with Gasteiger partial charge >= 0.3 is 15.6 Å². The van der Waals surface area contributed by atoms with E-state index >= 15 is 4.39 Å². The van der Waals surface area contributed by atoms with Crippen molar-refractivity contribution in [3.8, 4) is 0 Å². The van der Waals surface area contributed by atoms with Crippen molar-refractivity contribution in [1.29, 1.82) is 0 Å². The molecule has 0 amide bonds. The third kappa shape index (κ3) is 6.14. The van der Waals surface area contributed by atoms with Crippen LogP contribution in [0.25, 0.3) is 22.3 Å². The molecule has 0 bridgehead atoms. The molecule has 0 aromatic carbocycles. The maximum atomic E-state index is 15.9. The summed E-state index contributed by atoms with van der Waals surface area (Å²) in [4.78, 5) is 63.2. The summed E-state index contributed by atoms with van der Waals surface area (Å²) in [7, 11) is -10.3. The number of nitrogen functional groups attached to an aromatic ring is 2. The van der Waals surface area contributed by atoms with Gasteiger partial charge in [-0.05, 0) is 0 Å². The molecule has 9 atom stereocenters. The van der Waals surface area contributed by atoms with Crippen LogP contribution in [0.15, 0.2) is 23.8 Å². The number of aliphatic hydroxyl groups is 1. The predicted molar refractivity (Wildman–Crippen MR) is 149 cm³/mol. The van der Waals surface area contributed by atoms with Gasteiger partial charge < -0.3 is 40.7 Å². The molecular weight excluding hydrogens is 665 g/mol. The normalized spacial score (nSPS) is 30.0. The minimum Gasteiger partial charge on any atom is -0.390 e. The summed E-state index contributed by atoms with van der Waals surface area (Å²) in [6, 6.07) is 0. The fraction of sp³-hybridized carbons (Fsp3) is 0.524. The van der Waals surface area contributed by atoms with E-state index in [9.17, 15) is 23.9 Å². The molecule has 9 N–H and O–H groups in total. The lowest BCUT2D eigenvalue weighted by Gasteiger charge is -2.23. The van der Waals surface area contributed by atoms with E-state index in [4.69, 9.17) is 39.8 Å². The summed E-state index contributed by atoms with van der Waals surface area (Å²) in [5, 5.41) is 10.8. The van der Waals surface area contributed by atoms with Crippen LogP contribution in [-0.4, -0.2) is 103 Å². The van der Waals surface area contributed by atoms with E-state index in [0.717, 1.165) is 17.2 Å². The Labute approximate surface area is 255 Å². The van der Waals surface area contributed by atoms with E-state index in [1.807, 2.05) is 0 Å². The zero-order valence-electron chi connectivity index (χ0n) is 23.4. The second kappa shape index (κ2) is 12.0. The van der Waals surface area contributed by atoms with Crippen molar-refractivity contribution in [1.82, 2.24) is 39.0 Å². The number of alkyl halides is 1. The molecule has 22 nitrogen and oxygen atoms in total. The van der Waals surface area contributed by atoms with Crippen LogP contribution in [0.1, 0.15) is 19.4 Å². The highest BCUT2D eigenvalue weighted by Crippen LogP contribution is 2.51. The van der Waals surface area contributed by atoms with Crippen molar-refractivity contribution in [2.75, 3.05) is 24.7 Å². The molecular formula is C21H27FN10O12P2. The molecule has 2 aliphatic rings.